The lowest BCUT2D eigenvalue weighted by Gasteiger charge is -2.30. The third-order valence-electron chi connectivity index (χ3n) is 3.68. The topological polar surface area (TPSA) is 30.8 Å². The summed E-state index contributed by atoms with van der Waals surface area (Å²) in [6.07, 6.45) is 4.24. The molecular formula is C10H15NO2. The van der Waals surface area contributed by atoms with Gasteiger partial charge in [0.1, 0.15) is 6.61 Å². The van der Waals surface area contributed by atoms with Crippen LogP contribution in [0, 0.1) is 11.3 Å². The van der Waals surface area contributed by atoms with Gasteiger partial charge in [0.05, 0.1) is 18.4 Å². The number of nitrogens with zero attached hydrogens (tertiary/aromatic N) is 1. The molecule has 0 N–H and O–H groups in total. The molecule has 3 heteroatoms. The Balaban J connectivity index is 1.72. The molecule has 0 aromatic carbocycles. The lowest BCUT2D eigenvalue weighted by atomic mass is 9.87. The second-order valence-electron chi connectivity index (χ2n) is 4.76. The van der Waals surface area contributed by atoms with E-state index in [2.05, 4.69) is 12.1 Å². The van der Waals surface area contributed by atoms with Crippen LogP contribution in [0.2, 0.25) is 0 Å². The molecule has 0 aromatic heterocycles. The number of rotatable bonds is 1. The molecule has 2 heterocycles. The molecule has 3 nitrogen and oxygen atoms in total. The highest BCUT2D eigenvalue weighted by molar-refractivity contribution is 5.89. The van der Waals surface area contributed by atoms with Gasteiger partial charge in [-0.3, -0.25) is 0 Å². The Bertz CT molecular complexity index is 258. The first-order valence-electron chi connectivity index (χ1n) is 5.08. The smallest absolute Gasteiger partial charge is 0.125 e. The normalized spacial score (nSPS) is 40.5. The Morgan fingerprint density at radius 3 is 3.08 bits per heavy atom. The molecule has 0 amide bonds. The van der Waals surface area contributed by atoms with Gasteiger partial charge in [-0.1, -0.05) is 12.1 Å². The molecule has 2 fully saturated rings. The fourth-order valence-corrected chi connectivity index (χ4v) is 2.25. The van der Waals surface area contributed by atoms with Gasteiger partial charge in [0.15, 0.2) is 0 Å². The molecule has 1 saturated carbocycles. The van der Waals surface area contributed by atoms with Crippen LogP contribution < -0.4 is 0 Å². The van der Waals surface area contributed by atoms with E-state index in [0.29, 0.717) is 24.0 Å². The zero-order valence-corrected chi connectivity index (χ0v) is 7.95. The Morgan fingerprint density at radius 1 is 1.46 bits per heavy atom. The first-order valence-corrected chi connectivity index (χ1v) is 5.08. The predicted octanol–water partition coefficient (Wildman–Crippen LogP) is 1.58. The molecule has 0 bridgehead atoms. The van der Waals surface area contributed by atoms with E-state index >= 15 is 0 Å². The van der Waals surface area contributed by atoms with Crippen LogP contribution in [0.4, 0.5) is 0 Å². The predicted molar refractivity (Wildman–Crippen MR) is 48.6 cm³/mol. The van der Waals surface area contributed by atoms with Gasteiger partial charge in [-0.25, -0.2) is 0 Å². The lowest BCUT2D eigenvalue weighted by molar-refractivity contribution is -0.000422. The van der Waals surface area contributed by atoms with Crippen LogP contribution in [0.25, 0.3) is 0 Å². The van der Waals surface area contributed by atoms with Crippen LogP contribution in [0.1, 0.15) is 26.2 Å². The Kier molecular flexibility index (Phi) is 1.48. The summed E-state index contributed by atoms with van der Waals surface area (Å²) in [5, 5.41) is 3.99. The number of hydrogen-bond acceptors (Lipinski definition) is 3. The van der Waals surface area contributed by atoms with Gasteiger partial charge >= 0.3 is 0 Å². The van der Waals surface area contributed by atoms with E-state index in [-0.39, 0.29) is 0 Å². The minimum absolute atomic E-state index is 0.457. The highest BCUT2D eigenvalue weighted by Gasteiger charge is 2.49. The first-order chi connectivity index (χ1) is 6.28. The number of fused-ring (bicyclic) bond motifs is 1. The third kappa shape index (κ3) is 1.17. The van der Waals surface area contributed by atoms with E-state index in [4.69, 9.17) is 9.57 Å². The van der Waals surface area contributed by atoms with Crippen molar-refractivity contribution >= 4 is 5.71 Å². The fraction of sp³-hybridized carbons (Fsp3) is 0.900. The van der Waals surface area contributed by atoms with Crippen LogP contribution >= 0.6 is 0 Å². The van der Waals surface area contributed by atoms with Crippen molar-refractivity contribution in [2.45, 2.75) is 32.3 Å². The third-order valence-corrected chi connectivity index (χ3v) is 3.68. The van der Waals surface area contributed by atoms with Crippen LogP contribution in [0.3, 0.4) is 0 Å². The zero-order chi connectivity index (χ0) is 8.89. The van der Waals surface area contributed by atoms with E-state index < -0.39 is 0 Å². The standard InChI is InChI=1S/C10H15NO2/c1-10(2-3-10)9-4-7-5-13-11-8(7)6-12-9/h7,9H,2-6H2,1H3/t7-,9+/m0/s1. The molecule has 2 aliphatic heterocycles. The molecule has 0 aromatic rings. The maximum Gasteiger partial charge on any atom is 0.125 e. The van der Waals surface area contributed by atoms with E-state index in [1.54, 1.807) is 0 Å². The SMILES string of the molecule is CC1([C@H]2C[C@H]3CON=C3CO2)CC1. The van der Waals surface area contributed by atoms with Crippen LogP contribution in [-0.2, 0) is 9.57 Å². The van der Waals surface area contributed by atoms with Gasteiger partial charge in [-0.2, -0.15) is 0 Å². The average molecular weight is 181 g/mol. The molecular weight excluding hydrogens is 166 g/mol. The maximum atomic E-state index is 5.81. The van der Waals surface area contributed by atoms with E-state index in [9.17, 15) is 0 Å². The number of hydrogen-bond donors (Lipinski definition) is 0. The van der Waals surface area contributed by atoms with Crippen LogP contribution in [-0.4, -0.2) is 25.0 Å². The summed E-state index contributed by atoms with van der Waals surface area (Å²) < 4.78 is 5.81. The first kappa shape index (κ1) is 7.80. The number of oxime groups is 1. The van der Waals surface area contributed by atoms with Crippen molar-refractivity contribution < 1.29 is 9.57 Å². The van der Waals surface area contributed by atoms with Crippen molar-refractivity contribution in [3.63, 3.8) is 0 Å². The number of ether oxygens (including phenoxy) is 1. The molecule has 1 saturated heterocycles. The van der Waals surface area contributed by atoms with Crippen LogP contribution in [0.15, 0.2) is 5.16 Å². The Labute approximate surface area is 78.1 Å². The molecule has 72 valence electrons. The molecule has 1 aliphatic carbocycles. The van der Waals surface area contributed by atoms with Crippen molar-refractivity contribution in [1.82, 2.24) is 0 Å². The van der Waals surface area contributed by atoms with Crippen molar-refractivity contribution in [2.24, 2.45) is 16.5 Å². The molecule has 3 rings (SSSR count). The van der Waals surface area contributed by atoms with E-state index in [1.165, 1.54) is 12.8 Å². The Morgan fingerprint density at radius 2 is 2.31 bits per heavy atom. The summed E-state index contributed by atoms with van der Waals surface area (Å²) in [5.41, 5.74) is 1.61. The lowest BCUT2D eigenvalue weighted by Crippen LogP contribution is -2.37. The summed E-state index contributed by atoms with van der Waals surface area (Å²) >= 11 is 0. The maximum absolute atomic E-state index is 5.81. The van der Waals surface area contributed by atoms with Crippen molar-refractivity contribution in [1.29, 1.82) is 0 Å². The van der Waals surface area contributed by atoms with Gasteiger partial charge in [-0.15, -0.1) is 0 Å². The molecule has 0 unspecified atom stereocenters. The molecule has 0 spiro atoms. The molecule has 0 radical (unpaired) electrons. The summed E-state index contributed by atoms with van der Waals surface area (Å²) in [7, 11) is 0. The van der Waals surface area contributed by atoms with Crippen molar-refractivity contribution in [3.8, 4) is 0 Å². The van der Waals surface area contributed by atoms with Gasteiger partial charge < -0.3 is 9.57 Å². The summed E-state index contributed by atoms with van der Waals surface area (Å²) in [6, 6.07) is 0. The molecule has 2 atom stereocenters. The summed E-state index contributed by atoms with van der Waals surface area (Å²) in [4.78, 5) is 5.08. The van der Waals surface area contributed by atoms with E-state index in [0.717, 1.165) is 18.7 Å². The largest absolute Gasteiger partial charge is 0.395 e. The highest BCUT2D eigenvalue weighted by atomic mass is 16.6. The second-order valence-corrected chi connectivity index (χ2v) is 4.76. The van der Waals surface area contributed by atoms with Gasteiger partial charge in [-0.05, 0) is 24.7 Å². The summed E-state index contributed by atoms with van der Waals surface area (Å²) in [6.45, 7) is 3.81. The highest BCUT2D eigenvalue weighted by Crippen LogP contribution is 2.52. The minimum atomic E-state index is 0.457. The van der Waals surface area contributed by atoms with Gasteiger partial charge in [0.2, 0.25) is 0 Å². The quantitative estimate of drug-likeness (QED) is 0.615. The second kappa shape index (κ2) is 2.47. The van der Waals surface area contributed by atoms with Crippen molar-refractivity contribution in [3.05, 3.63) is 0 Å². The molecule has 13 heavy (non-hydrogen) atoms. The minimum Gasteiger partial charge on any atom is -0.395 e. The van der Waals surface area contributed by atoms with E-state index in [1.807, 2.05) is 0 Å². The monoisotopic (exact) mass is 181 g/mol. The average Bonchev–Trinajstić information content (AvgIpc) is 2.74. The molecule has 3 aliphatic rings. The zero-order valence-electron chi connectivity index (χ0n) is 7.95. The van der Waals surface area contributed by atoms with Crippen molar-refractivity contribution in [2.75, 3.05) is 13.2 Å². The fourth-order valence-electron chi connectivity index (χ4n) is 2.25. The Hall–Kier alpha value is -0.570. The van der Waals surface area contributed by atoms with Gasteiger partial charge in [0, 0.05) is 5.92 Å². The summed E-state index contributed by atoms with van der Waals surface area (Å²) in [5.74, 6) is 0.552. The van der Waals surface area contributed by atoms with Crippen LogP contribution in [0.5, 0.6) is 0 Å². The van der Waals surface area contributed by atoms with Gasteiger partial charge in [0.25, 0.3) is 0 Å².